The summed E-state index contributed by atoms with van der Waals surface area (Å²) in [5.41, 5.74) is 0. The second kappa shape index (κ2) is 14.2. The minimum atomic E-state index is -4.21. The van der Waals surface area contributed by atoms with Crippen molar-refractivity contribution in [3.63, 3.8) is 0 Å². The van der Waals surface area contributed by atoms with Crippen molar-refractivity contribution in [1.29, 1.82) is 0 Å². The van der Waals surface area contributed by atoms with E-state index < -0.39 is 28.6 Å². The van der Waals surface area contributed by atoms with E-state index in [0.717, 1.165) is 10.1 Å². The Hall–Kier alpha value is -2.74. The van der Waals surface area contributed by atoms with Gasteiger partial charge in [0, 0.05) is 48.9 Å². The maximum atomic E-state index is 13.0. The van der Waals surface area contributed by atoms with E-state index in [4.69, 9.17) is 23.2 Å². The summed E-state index contributed by atoms with van der Waals surface area (Å²) in [6, 6.07) is 12.1. The van der Waals surface area contributed by atoms with Crippen LogP contribution in [0.4, 0.5) is 0 Å². The maximum absolute atomic E-state index is 13.0. The monoisotopic (exact) mass is 654 g/mol. The third-order valence-electron chi connectivity index (χ3n) is 7.00. The van der Waals surface area contributed by atoms with E-state index in [1.165, 1.54) is 34.4 Å². The first-order valence-corrected chi connectivity index (χ1v) is 16.5. The zero-order chi connectivity index (χ0) is 30.4. The van der Waals surface area contributed by atoms with Crippen LogP contribution in [0.25, 0.3) is 10.1 Å². The molecule has 1 unspecified atom stereocenters. The molecule has 2 heterocycles. The van der Waals surface area contributed by atoms with E-state index in [2.05, 4.69) is 10.0 Å². The van der Waals surface area contributed by atoms with Crippen LogP contribution >= 0.6 is 34.5 Å². The number of carbonyl (C=O) groups excluding carboxylic acids is 3. The molecule has 226 valence electrons. The van der Waals surface area contributed by atoms with E-state index >= 15 is 0 Å². The van der Waals surface area contributed by atoms with Gasteiger partial charge in [0.05, 0.1) is 16.5 Å². The number of aliphatic hydroxyl groups is 1. The number of piperazine rings is 1. The van der Waals surface area contributed by atoms with Gasteiger partial charge in [-0.1, -0.05) is 48.3 Å². The fourth-order valence-corrected chi connectivity index (χ4v) is 7.58. The lowest BCUT2D eigenvalue weighted by molar-refractivity contribution is -0.141. The Bertz CT molecular complexity index is 1520. The number of hydrogen-bond acceptors (Lipinski definition) is 7. The predicted octanol–water partition coefficient (Wildman–Crippen LogP) is 3.36. The van der Waals surface area contributed by atoms with Crippen molar-refractivity contribution >= 4 is 72.4 Å². The summed E-state index contributed by atoms with van der Waals surface area (Å²) < 4.78 is 28.9. The second-order valence-electron chi connectivity index (χ2n) is 10.1. The minimum absolute atomic E-state index is 0.0349. The molecule has 3 aromatic rings. The average Bonchev–Trinajstić information content (AvgIpc) is 3.40. The van der Waals surface area contributed by atoms with Crippen LogP contribution in [0.15, 0.2) is 53.4 Å². The highest BCUT2D eigenvalue weighted by molar-refractivity contribution is 7.89. The number of fused-ring (bicyclic) bond motifs is 1. The first-order valence-electron chi connectivity index (χ1n) is 13.4. The van der Waals surface area contributed by atoms with Gasteiger partial charge >= 0.3 is 0 Å². The molecule has 3 N–H and O–H groups in total. The molecule has 14 heteroatoms. The molecule has 3 amide bonds. The van der Waals surface area contributed by atoms with Gasteiger partial charge in [0.2, 0.25) is 21.8 Å². The summed E-state index contributed by atoms with van der Waals surface area (Å²) >= 11 is 13.3. The fraction of sp³-hybridized carbons (Fsp3) is 0.393. The first kappa shape index (κ1) is 32.2. The van der Waals surface area contributed by atoms with Crippen LogP contribution in [0, 0.1) is 5.92 Å². The van der Waals surface area contributed by atoms with E-state index in [1.54, 1.807) is 4.90 Å². The SMILES string of the molecule is CC(CCNC(=O)c1cc2ccccc2s1)CC(=O)N1CCN(C(=O)[C@@H](CO)NS(=O)(=O)c2ccc(Cl)cc2Cl)CC1. The number of carbonyl (C=O) groups is 3. The summed E-state index contributed by atoms with van der Waals surface area (Å²) in [5, 5.41) is 13.9. The van der Waals surface area contributed by atoms with Crippen LogP contribution in [-0.4, -0.2) is 86.4 Å². The Kier molecular flexibility index (Phi) is 10.8. The number of nitrogens with one attached hydrogen (secondary N) is 2. The van der Waals surface area contributed by atoms with Gasteiger partial charge in [-0.2, -0.15) is 4.72 Å². The van der Waals surface area contributed by atoms with E-state index in [1.807, 2.05) is 37.3 Å². The van der Waals surface area contributed by atoms with Crippen LogP contribution in [0.3, 0.4) is 0 Å². The van der Waals surface area contributed by atoms with Crippen molar-refractivity contribution in [2.45, 2.75) is 30.7 Å². The quantitative estimate of drug-likeness (QED) is 0.290. The molecule has 2 atom stereocenters. The molecule has 4 rings (SSSR count). The van der Waals surface area contributed by atoms with Gasteiger partial charge in [-0.15, -0.1) is 11.3 Å². The minimum Gasteiger partial charge on any atom is -0.394 e. The standard InChI is InChI=1S/C28H32Cl2N4O6S2/c1-18(8-9-31-27(37)24-15-19-4-2-3-5-23(19)41-24)14-26(36)33-10-12-34(13-11-33)28(38)22(17-35)32-42(39,40)25-7-6-20(29)16-21(25)30/h2-7,15-16,18,22,32,35H,8-14,17H2,1H3,(H,31,37)/t18?,22-/m1/s1. The second-order valence-corrected chi connectivity index (χ2v) is 13.7. The third kappa shape index (κ3) is 8.00. The lowest BCUT2D eigenvalue weighted by atomic mass is 10.0. The number of halogens is 2. The zero-order valence-corrected chi connectivity index (χ0v) is 26.0. The molecule has 42 heavy (non-hydrogen) atoms. The number of aliphatic hydroxyl groups excluding tert-OH is 1. The van der Waals surface area contributed by atoms with Crippen molar-refractivity contribution in [2.75, 3.05) is 39.3 Å². The van der Waals surface area contributed by atoms with Crippen molar-refractivity contribution in [2.24, 2.45) is 5.92 Å². The van der Waals surface area contributed by atoms with Gasteiger partial charge in [-0.3, -0.25) is 14.4 Å². The average molecular weight is 656 g/mol. The van der Waals surface area contributed by atoms with Gasteiger partial charge in [0.1, 0.15) is 10.9 Å². The molecule has 0 aliphatic carbocycles. The zero-order valence-electron chi connectivity index (χ0n) is 22.9. The smallest absolute Gasteiger partial charge is 0.261 e. The van der Waals surface area contributed by atoms with E-state index in [9.17, 15) is 27.9 Å². The number of sulfonamides is 1. The number of thiophene rings is 1. The van der Waals surface area contributed by atoms with Gasteiger partial charge < -0.3 is 20.2 Å². The molecule has 1 aliphatic heterocycles. The van der Waals surface area contributed by atoms with Crippen molar-refractivity contribution in [3.8, 4) is 0 Å². The Morgan fingerprint density at radius 2 is 1.71 bits per heavy atom. The summed E-state index contributed by atoms with van der Waals surface area (Å²) in [6.45, 7) is 2.62. The molecule has 1 aliphatic rings. The Balaban J connectivity index is 1.21. The van der Waals surface area contributed by atoms with Crippen LogP contribution in [0.1, 0.15) is 29.4 Å². The fourth-order valence-electron chi connectivity index (χ4n) is 4.65. The maximum Gasteiger partial charge on any atom is 0.261 e. The highest BCUT2D eigenvalue weighted by Crippen LogP contribution is 2.26. The van der Waals surface area contributed by atoms with Gasteiger partial charge in [0.25, 0.3) is 5.91 Å². The molecule has 10 nitrogen and oxygen atoms in total. The first-order chi connectivity index (χ1) is 20.0. The van der Waals surface area contributed by atoms with Crippen LogP contribution in [-0.2, 0) is 19.6 Å². The van der Waals surface area contributed by atoms with Gasteiger partial charge in [-0.25, -0.2) is 8.42 Å². The van der Waals surface area contributed by atoms with Crippen molar-refractivity contribution < 1.29 is 27.9 Å². The third-order valence-corrected chi connectivity index (χ3v) is 10.3. The molecule has 1 aromatic heterocycles. The molecular formula is C28H32Cl2N4O6S2. The number of rotatable bonds is 11. The van der Waals surface area contributed by atoms with Crippen LogP contribution < -0.4 is 10.0 Å². The molecule has 0 radical (unpaired) electrons. The summed E-state index contributed by atoms with van der Waals surface area (Å²) in [5.74, 6) is -0.744. The Labute approximate surface area is 258 Å². The number of amides is 3. The number of nitrogens with zero attached hydrogens (tertiary/aromatic N) is 2. The van der Waals surface area contributed by atoms with Crippen molar-refractivity contribution in [3.05, 3.63) is 63.5 Å². The normalized spacial score (nSPS) is 15.4. The Morgan fingerprint density at radius 1 is 1.02 bits per heavy atom. The highest BCUT2D eigenvalue weighted by atomic mass is 35.5. The molecular weight excluding hydrogens is 623 g/mol. The topological polar surface area (TPSA) is 136 Å². The van der Waals surface area contributed by atoms with Gasteiger partial charge in [-0.05, 0) is 48.1 Å². The van der Waals surface area contributed by atoms with E-state index in [-0.39, 0.29) is 58.9 Å². The molecule has 1 fully saturated rings. The summed E-state index contributed by atoms with van der Waals surface area (Å²) in [6.07, 6.45) is 0.935. The predicted molar refractivity (Wildman–Crippen MR) is 163 cm³/mol. The van der Waals surface area contributed by atoms with Crippen LogP contribution in [0.5, 0.6) is 0 Å². The summed E-state index contributed by atoms with van der Waals surface area (Å²) in [4.78, 5) is 41.9. The van der Waals surface area contributed by atoms with Crippen molar-refractivity contribution in [1.82, 2.24) is 19.8 Å². The van der Waals surface area contributed by atoms with Gasteiger partial charge in [0.15, 0.2) is 0 Å². The number of benzene rings is 2. The summed E-state index contributed by atoms with van der Waals surface area (Å²) in [7, 11) is -4.21. The molecule has 0 bridgehead atoms. The largest absolute Gasteiger partial charge is 0.394 e. The highest BCUT2D eigenvalue weighted by Gasteiger charge is 2.32. The van der Waals surface area contributed by atoms with E-state index in [0.29, 0.717) is 24.3 Å². The number of hydrogen-bond donors (Lipinski definition) is 3. The molecule has 0 saturated carbocycles. The Morgan fingerprint density at radius 3 is 2.38 bits per heavy atom. The van der Waals surface area contributed by atoms with Crippen LogP contribution in [0.2, 0.25) is 10.0 Å². The lowest BCUT2D eigenvalue weighted by Crippen LogP contribution is -2.56. The molecule has 2 aromatic carbocycles. The molecule has 0 spiro atoms. The molecule has 1 saturated heterocycles. The lowest BCUT2D eigenvalue weighted by Gasteiger charge is -2.36.